The van der Waals surface area contributed by atoms with Gasteiger partial charge in [0, 0.05) is 4.88 Å². The van der Waals surface area contributed by atoms with E-state index in [0.29, 0.717) is 11.3 Å². The highest BCUT2D eigenvalue weighted by Gasteiger charge is 2.34. The Morgan fingerprint density at radius 3 is 2.65 bits per heavy atom. The maximum atomic E-state index is 12.5. The monoisotopic (exact) mass is 328 g/mol. The van der Waals surface area contributed by atoms with Gasteiger partial charge >= 0.3 is 12.0 Å². The quantitative estimate of drug-likeness (QED) is 0.848. The third kappa shape index (κ3) is 3.12. The lowest BCUT2D eigenvalue weighted by Gasteiger charge is -2.28. The topological polar surface area (TPSA) is 67.4 Å². The molecular formula is C17H16N2O3S. The SMILES string of the molecule is CCOC(=O)C1=C(c2ccccc2)NC(=O)NC1c1cccs1. The molecule has 23 heavy (non-hydrogen) atoms. The molecule has 0 saturated carbocycles. The number of rotatable bonds is 4. The molecule has 2 aromatic rings. The molecule has 2 N–H and O–H groups in total. The fraction of sp³-hybridized carbons (Fsp3) is 0.176. The van der Waals surface area contributed by atoms with Gasteiger partial charge in [0.15, 0.2) is 0 Å². The van der Waals surface area contributed by atoms with Gasteiger partial charge in [-0.25, -0.2) is 9.59 Å². The fourth-order valence-electron chi connectivity index (χ4n) is 2.49. The number of hydrogen-bond acceptors (Lipinski definition) is 4. The van der Waals surface area contributed by atoms with Crippen LogP contribution in [-0.2, 0) is 9.53 Å². The average Bonchev–Trinajstić information content (AvgIpc) is 3.09. The van der Waals surface area contributed by atoms with E-state index in [4.69, 9.17) is 4.74 Å². The van der Waals surface area contributed by atoms with Crippen molar-refractivity contribution in [1.29, 1.82) is 0 Å². The largest absolute Gasteiger partial charge is 0.463 e. The molecule has 0 saturated heterocycles. The molecule has 1 aromatic carbocycles. The lowest BCUT2D eigenvalue weighted by molar-refractivity contribution is -0.138. The number of hydrogen-bond donors (Lipinski definition) is 2. The van der Waals surface area contributed by atoms with E-state index in [0.717, 1.165) is 10.4 Å². The highest BCUT2D eigenvalue weighted by atomic mass is 32.1. The Balaban J connectivity index is 2.15. The van der Waals surface area contributed by atoms with Gasteiger partial charge in [-0.05, 0) is 23.9 Å². The summed E-state index contributed by atoms with van der Waals surface area (Å²) in [5, 5.41) is 7.47. The smallest absolute Gasteiger partial charge is 0.338 e. The summed E-state index contributed by atoms with van der Waals surface area (Å²) in [7, 11) is 0. The minimum Gasteiger partial charge on any atom is -0.463 e. The van der Waals surface area contributed by atoms with Crippen molar-refractivity contribution in [3.63, 3.8) is 0 Å². The van der Waals surface area contributed by atoms with Crippen molar-refractivity contribution >= 4 is 29.0 Å². The number of urea groups is 1. The summed E-state index contributed by atoms with van der Waals surface area (Å²) < 4.78 is 5.21. The Hall–Kier alpha value is -2.60. The third-order valence-electron chi connectivity index (χ3n) is 3.46. The van der Waals surface area contributed by atoms with Gasteiger partial charge < -0.3 is 15.4 Å². The minimum absolute atomic E-state index is 0.273. The van der Waals surface area contributed by atoms with Crippen LogP contribution >= 0.6 is 11.3 Å². The molecule has 2 amide bonds. The molecule has 3 rings (SSSR count). The molecule has 0 bridgehead atoms. The summed E-state index contributed by atoms with van der Waals surface area (Å²) in [6.45, 7) is 2.03. The van der Waals surface area contributed by atoms with E-state index in [-0.39, 0.29) is 12.6 Å². The molecule has 0 fully saturated rings. The van der Waals surface area contributed by atoms with Gasteiger partial charge in [-0.1, -0.05) is 36.4 Å². The normalized spacial score (nSPS) is 17.4. The van der Waals surface area contributed by atoms with Crippen molar-refractivity contribution < 1.29 is 14.3 Å². The first kappa shape index (κ1) is 15.3. The third-order valence-corrected chi connectivity index (χ3v) is 4.39. The highest BCUT2D eigenvalue weighted by Crippen LogP contribution is 2.33. The number of benzene rings is 1. The van der Waals surface area contributed by atoms with E-state index in [1.165, 1.54) is 11.3 Å². The predicted octanol–water partition coefficient (Wildman–Crippen LogP) is 3.08. The van der Waals surface area contributed by atoms with Crippen molar-refractivity contribution in [2.75, 3.05) is 6.61 Å². The second-order valence-electron chi connectivity index (χ2n) is 4.92. The van der Waals surface area contributed by atoms with Crippen LogP contribution < -0.4 is 10.6 Å². The minimum atomic E-state index is -0.516. The lowest BCUT2D eigenvalue weighted by Crippen LogP contribution is -2.45. The Morgan fingerprint density at radius 2 is 2.00 bits per heavy atom. The van der Waals surface area contributed by atoms with E-state index in [1.807, 2.05) is 47.8 Å². The number of ether oxygens (including phenoxy) is 1. The molecule has 2 heterocycles. The highest BCUT2D eigenvalue weighted by molar-refractivity contribution is 7.10. The Kier molecular flexibility index (Phi) is 4.43. The van der Waals surface area contributed by atoms with Crippen LogP contribution in [0.4, 0.5) is 4.79 Å². The van der Waals surface area contributed by atoms with Crippen LogP contribution in [0.3, 0.4) is 0 Å². The number of esters is 1. The summed E-state index contributed by atoms with van der Waals surface area (Å²) in [5.41, 5.74) is 1.68. The molecule has 6 heteroatoms. The van der Waals surface area contributed by atoms with Crippen molar-refractivity contribution in [1.82, 2.24) is 10.6 Å². The molecule has 1 atom stereocenters. The fourth-order valence-corrected chi connectivity index (χ4v) is 3.28. The zero-order chi connectivity index (χ0) is 16.2. The van der Waals surface area contributed by atoms with Crippen LogP contribution in [0.2, 0.25) is 0 Å². The summed E-state index contributed by atoms with van der Waals surface area (Å²) in [5.74, 6) is -0.433. The summed E-state index contributed by atoms with van der Waals surface area (Å²) in [4.78, 5) is 25.5. The Morgan fingerprint density at radius 1 is 1.22 bits per heavy atom. The molecule has 1 unspecified atom stereocenters. The summed E-state index contributed by atoms with van der Waals surface area (Å²) in [6.07, 6.45) is 0. The maximum Gasteiger partial charge on any atom is 0.338 e. The van der Waals surface area contributed by atoms with Gasteiger partial charge in [-0.3, -0.25) is 0 Å². The molecule has 0 spiro atoms. The number of nitrogens with one attached hydrogen (secondary N) is 2. The average molecular weight is 328 g/mol. The second kappa shape index (κ2) is 6.66. The van der Waals surface area contributed by atoms with E-state index >= 15 is 0 Å². The lowest BCUT2D eigenvalue weighted by atomic mass is 9.97. The van der Waals surface area contributed by atoms with Gasteiger partial charge in [0.05, 0.1) is 23.9 Å². The first-order valence-electron chi connectivity index (χ1n) is 7.28. The van der Waals surface area contributed by atoms with E-state index in [9.17, 15) is 9.59 Å². The molecule has 0 radical (unpaired) electrons. The van der Waals surface area contributed by atoms with Crippen molar-refractivity contribution in [3.05, 3.63) is 63.9 Å². The van der Waals surface area contributed by atoms with E-state index < -0.39 is 12.0 Å². The van der Waals surface area contributed by atoms with Crippen LogP contribution in [0.25, 0.3) is 5.70 Å². The van der Waals surface area contributed by atoms with Gasteiger partial charge in [0.1, 0.15) is 0 Å². The van der Waals surface area contributed by atoms with Crippen LogP contribution in [0, 0.1) is 0 Å². The van der Waals surface area contributed by atoms with Crippen molar-refractivity contribution in [2.45, 2.75) is 13.0 Å². The summed E-state index contributed by atoms with van der Waals surface area (Å²) in [6, 6.07) is 12.2. The Labute approximate surface area is 138 Å². The van der Waals surface area contributed by atoms with Crippen molar-refractivity contribution in [3.8, 4) is 0 Å². The molecule has 1 aliphatic rings. The van der Waals surface area contributed by atoms with E-state index in [1.54, 1.807) is 6.92 Å². The van der Waals surface area contributed by atoms with Gasteiger partial charge in [0.2, 0.25) is 0 Å². The molecular weight excluding hydrogens is 312 g/mol. The first-order chi connectivity index (χ1) is 11.2. The van der Waals surface area contributed by atoms with Crippen LogP contribution in [0.15, 0.2) is 53.4 Å². The van der Waals surface area contributed by atoms with Gasteiger partial charge in [0.25, 0.3) is 0 Å². The molecule has 5 nitrogen and oxygen atoms in total. The molecule has 1 aliphatic heterocycles. The summed E-state index contributed by atoms with van der Waals surface area (Å²) >= 11 is 1.48. The zero-order valence-corrected chi connectivity index (χ0v) is 13.4. The van der Waals surface area contributed by atoms with Crippen LogP contribution in [-0.4, -0.2) is 18.6 Å². The predicted molar refractivity (Wildman–Crippen MR) is 88.7 cm³/mol. The molecule has 118 valence electrons. The maximum absolute atomic E-state index is 12.5. The van der Waals surface area contributed by atoms with E-state index in [2.05, 4.69) is 10.6 Å². The van der Waals surface area contributed by atoms with Gasteiger partial charge in [-0.2, -0.15) is 0 Å². The van der Waals surface area contributed by atoms with Crippen molar-refractivity contribution in [2.24, 2.45) is 0 Å². The number of thiophene rings is 1. The van der Waals surface area contributed by atoms with Crippen LogP contribution in [0.1, 0.15) is 23.4 Å². The molecule has 1 aromatic heterocycles. The number of amides is 2. The first-order valence-corrected chi connectivity index (χ1v) is 8.16. The standard InChI is InChI=1S/C17H16N2O3S/c1-2-22-16(20)13-14(11-7-4-3-5-8-11)18-17(21)19-15(13)12-9-6-10-23-12/h3-10,15H,2H2,1H3,(H2,18,19,21). The second-order valence-corrected chi connectivity index (χ2v) is 5.90. The van der Waals surface area contributed by atoms with Crippen LogP contribution in [0.5, 0.6) is 0 Å². The number of carbonyl (C=O) groups excluding carboxylic acids is 2. The zero-order valence-electron chi connectivity index (χ0n) is 12.5. The number of carbonyl (C=O) groups is 2. The van der Waals surface area contributed by atoms with Gasteiger partial charge in [-0.15, -0.1) is 11.3 Å². The molecule has 0 aliphatic carbocycles. The Bertz CT molecular complexity index is 738.